The molecule has 1 aromatic rings. The van der Waals surface area contributed by atoms with E-state index in [2.05, 4.69) is 32.2 Å². The van der Waals surface area contributed by atoms with E-state index in [-0.39, 0.29) is 0 Å². The van der Waals surface area contributed by atoms with Crippen LogP contribution in [0.5, 0.6) is 11.5 Å². The van der Waals surface area contributed by atoms with Crippen LogP contribution in [0.1, 0.15) is 41.0 Å². The highest BCUT2D eigenvalue weighted by Gasteiger charge is 2.12. The third-order valence-electron chi connectivity index (χ3n) is 3.14. The monoisotopic (exact) mass is 265 g/mol. The molecular weight excluding hydrogens is 238 g/mol. The summed E-state index contributed by atoms with van der Waals surface area (Å²) in [4.78, 5) is 0. The van der Waals surface area contributed by atoms with E-state index < -0.39 is 0 Å². The van der Waals surface area contributed by atoms with Crippen molar-refractivity contribution < 1.29 is 9.47 Å². The van der Waals surface area contributed by atoms with Gasteiger partial charge in [0.1, 0.15) is 0 Å². The molecule has 1 atom stereocenters. The first-order chi connectivity index (χ1) is 9.12. The molecule has 0 bridgehead atoms. The van der Waals surface area contributed by atoms with Gasteiger partial charge in [-0.2, -0.15) is 0 Å². The summed E-state index contributed by atoms with van der Waals surface area (Å²) in [6.07, 6.45) is 1.11. The van der Waals surface area contributed by atoms with E-state index in [0.717, 1.165) is 23.6 Å². The average molecular weight is 265 g/mol. The molecule has 0 amide bonds. The lowest BCUT2D eigenvalue weighted by Crippen LogP contribution is -2.24. The number of anilines is 1. The highest BCUT2D eigenvalue weighted by Crippen LogP contribution is 2.31. The van der Waals surface area contributed by atoms with Crippen molar-refractivity contribution in [2.75, 3.05) is 18.5 Å². The minimum Gasteiger partial charge on any atom is -0.490 e. The van der Waals surface area contributed by atoms with Crippen LogP contribution >= 0.6 is 0 Å². The van der Waals surface area contributed by atoms with E-state index in [1.807, 2.05) is 26.0 Å². The zero-order chi connectivity index (χ0) is 14.3. The fraction of sp³-hybridized carbons (Fsp3) is 0.625. The Morgan fingerprint density at radius 2 is 1.63 bits per heavy atom. The molecule has 0 saturated carbocycles. The van der Waals surface area contributed by atoms with Crippen molar-refractivity contribution in [2.45, 2.75) is 47.1 Å². The van der Waals surface area contributed by atoms with E-state index in [9.17, 15) is 0 Å². The molecule has 3 nitrogen and oxygen atoms in total. The first-order valence-electron chi connectivity index (χ1n) is 7.28. The van der Waals surface area contributed by atoms with Gasteiger partial charge in [-0.15, -0.1) is 0 Å². The van der Waals surface area contributed by atoms with E-state index in [4.69, 9.17) is 9.47 Å². The van der Waals surface area contributed by atoms with Gasteiger partial charge in [-0.3, -0.25) is 0 Å². The van der Waals surface area contributed by atoms with E-state index in [1.54, 1.807) is 0 Å². The Balaban J connectivity index is 2.87. The molecule has 1 aromatic carbocycles. The van der Waals surface area contributed by atoms with E-state index in [0.29, 0.717) is 25.2 Å². The van der Waals surface area contributed by atoms with Gasteiger partial charge in [-0.25, -0.2) is 0 Å². The molecule has 0 aliphatic heterocycles. The second-order valence-electron chi connectivity index (χ2n) is 4.93. The van der Waals surface area contributed by atoms with Crippen LogP contribution < -0.4 is 14.8 Å². The summed E-state index contributed by atoms with van der Waals surface area (Å²) in [7, 11) is 0. The Morgan fingerprint density at radius 1 is 1.00 bits per heavy atom. The summed E-state index contributed by atoms with van der Waals surface area (Å²) in [6, 6.07) is 6.54. The molecule has 3 heteroatoms. The molecule has 0 aliphatic carbocycles. The van der Waals surface area contributed by atoms with Crippen molar-refractivity contribution >= 4 is 5.69 Å². The summed E-state index contributed by atoms with van der Waals surface area (Å²) in [5.41, 5.74) is 1.09. The van der Waals surface area contributed by atoms with Crippen LogP contribution in [0, 0.1) is 5.92 Å². The average Bonchev–Trinajstić information content (AvgIpc) is 2.39. The fourth-order valence-electron chi connectivity index (χ4n) is 2.10. The van der Waals surface area contributed by atoms with Crippen LogP contribution in [0.4, 0.5) is 5.69 Å². The molecule has 0 aromatic heterocycles. The number of ether oxygens (including phenoxy) is 2. The van der Waals surface area contributed by atoms with Crippen LogP contribution in [0.3, 0.4) is 0 Å². The number of rotatable bonds is 8. The summed E-state index contributed by atoms with van der Waals surface area (Å²) in [6.45, 7) is 11.9. The molecule has 0 saturated heterocycles. The van der Waals surface area contributed by atoms with Crippen molar-refractivity contribution in [3.63, 3.8) is 0 Å². The second kappa shape index (κ2) is 7.93. The lowest BCUT2D eigenvalue weighted by atomic mass is 10.0. The SMILES string of the molecule is CCOc1ccc(NC(CC)C(C)C)cc1OCC. The number of hydrogen-bond acceptors (Lipinski definition) is 3. The molecule has 0 heterocycles. The molecule has 0 fully saturated rings. The van der Waals surface area contributed by atoms with Gasteiger partial charge in [0.05, 0.1) is 13.2 Å². The van der Waals surface area contributed by atoms with Crippen LogP contribution in [-0.2, 0) is 0 Å². The highest BCUT2D eigenvalue weighted by molar-refractivity contribution is 5.55. The fourth-order valence-corrected chi connectivity index (χ4v) is 2.10. The zero-order valence-electron chi connectivity index (χ0n) is 12.8. The van der Waals surface area contributed by atoms with Gasteiger partial charge in [0, 0.05) is 17.8 Å². The molecule has 1 N–H and O–H groups in total. The largest absolute Gasteiger partial charge is 0.490 e. The van der Waals surface area contributed by atoms with Gasteiger partial charge in [0.25, 0.3) is 0 Å². The van der Waals surface area contributed by atoms with Crippen LogP contribution in [0.2, 0.25) is 0 Å². The number of benzene rings is 1. The summed E-state index contributed by atoms with van der Waals surface area (Å²) in [5, 5.41) is 3.56. The molecule has 1 unspecified atom stereocenters. The third-order valence-corrected chi connectivity index (χ3v) is 3.14. The minimum atomic E-state index is 0.479. The Kier molecular flexibility index (Phi) is 6.54. The highest BCUT2D eigenvalue weighted by atomic mass is 16.5. The standard InChI is InChI=1S/C16H27NO2/c1-6-14(12(4)5)17-13-9-10-15(18-7-2)16(11-13)19-8-3/h9-12,14,17H,6-8H2,1-5H3. The van der Waals surface area contributed by atoms with Gasteiger partial charge >= 0.3 is 0 Å². The maximum atomic E-state index is 5.64. The zero-order valence-corrected chi connectivity index (χ0v) is 12.8. The Labute approximate surface area is 117 Å². The van der Waals surface area contributed by atoms with Gasteiger partial charge in [-0.05, 0) is 38.3 Å². The molecule has 0 aliphatic rings. The Bertz CT molecular complexity index is 377. The van der Waals surface area contributed by atoms with Crippen molar-refractivity contribution in [1.29, 1.82) is 0 Å². The quantitative estimate of drug-likeness (QED) is 0.759. The van der Waals surface area contributed by atoms with Gasteiger partial charge in [-0.1, -0.05) is 20.8 Å². The minimum absolute atomic E-state index is 0.479. The van der Waals surface area contributed by atoms with Gasteiger partial charge in [0.15, 0.2) is 11.5 Å². The summed E-state index contributed by atoms with van der Waals surface area (Å²) < 4.78 is 11.2. The van der Waals surface area contributed by atoms with Crippen molar-refractivity contribution in [3.8, 4) is 11.5 Å². The third kappa shape index (κ3) is 4.66. The molecule has 108 valence electrons. The van der Waals surface area contributed by atoms with Crippen molar-refractivity contribution in [1.82, 2.24) is 0 Å². The number of hydrogen-bond donors (Lipinski definition) is 1. The summed E-state index contributed by atoms with van der Waals surface area (Å²) >= 11 is 0. The Morgan fingerprint density at radius 3 is 2.16 bits per heavy atom. The second-order valence-corrected chi connectivity index (χ2v) is 4.93. The summed E-state index contributed by atoms with van der Waals surface area (Å²) in [5.74, 6) is 2.23. The van der Waals surface area contributed by atoms with E-state index >= 15 is 0 Å². The van der Waals surface area contributed by atoms with Crippen molar-refractivity contribution in [2.24, 2.45) is 5.92 Å². The topological polar surface area (TPSA) is 30.5 Å². The van der Waals surface area contributed by atoms with Gasteiger partial charge in [0.2, 0.25) is 0 Å². The smallest absolute Gasteiger partial charge is 0.163 e. The molecule has 0 spiro atoms. The van der Waals surface area contributed by atoms with Crippen LogP contribution in [-0.4, -0.2) is 19.3 Å². The first-order valence-corrected chi connectivity index (χ1v) is 7.28. The number of nitrogens with one attached hydrogen (secondary N) is 1. The predicted molar refractivity (Wildman–Crippen MR) is 81.3 cm³/mol. The Hall–Kier alpha value is -1.38. The predicted octanol–water partition coefficient (Wildman–Crippen LogP) is 4.33. The van der Waals surface area contributed by atoms with Crippen LogP contribution in [0.25, 0.3) is 0 Å². The lowest BCUT2D eigenvalue weighted by Gasteiger charge is -2.22. The first kappa shape index (κ1) is 15.7. The van der Waals surface area contributed by atoms with Gasteiger partial charge < -0.3 is 14.8 Å². The maximum absolute atomic E-state index is 5.64. The molecule has 19 heavy (non-hydrogen) atoms. The maximum Gasteiger partial charge on any atom is 0.163 e. The van der Waals surface area contributed by atoms with Crippen molar-refractivity contribution in [3.05, 3.63) is 18.2 Å². The molecule has 1 rings (SSSR count). The molecule has 0 radical (unpaired) electrons. The van der Waals surface area contributed by atoms with E-state index in [1.165, 1.54) is 0 Å². The normalized spacial score (nSPS) is 12.3. The van der Waals surface area contributed by atoms with Crippen LogP contribution in [0.15, 0.2) is 18.2 Å². The molecular formula is C16H27NO2. The lowest BCUT2D eigenvalue weighted by molar-refractivity contribution is 0.288.